The molecule has 0 spiro atoms. The summed E-state index contributed by atoms with van der Waals surface area (Å²) in [5, 5.41) is 0. The molecule has 1 aliphatic rings. The van der Waals surface area contributed by atoms with Gasteiger partial charge in [0.15, 0.2) is 0 Å². The largest absolute Gasteiger partial charge is 0.447 e. The third-order valence-electron chi connectivity index (χ3n) is 4.44. The summed E-state index contributed by atoms with van der Waals surface area (Å²) in [5.74, 6) is -1.54. The van der Waals surface area contributed by atoms with Crippen LogP contribution in [0.1, 0.15) is 42.2 Å². The second-order valence-corrected chi connectivity index (χ2v) is 6.27. The Kier molecular flexibility index (Phi) is 5.35. The number of ether oxygens (including phenoxy) is 1. The van der Waals surface area contributed by atoms with Crippen LogP contribution in [0, 0.1) is 0 Å². The van der Waals surface area contributed by atoms with Crippen LogP contribution in [0.15, 0.2) is 60.8 Å². The lowest BCUT2D eigenvalue weighted by atomic mass is 9.94. The maximum absolute atomic E-state index is 12.6. The zero-order chi connectivity index (χ0) is 19.4. The van der Waals surface area contributed by atoms with Crippen molar-refractivity contribution in [1.29, 1.82) is 0 Å². The fourth-order valence-corrected chi connectivity index (χ4v) is 3.17. The Balaban J connectivity index is 1.82. The van der Waals surface area contributed by atoms with Gasteiger partial charge in [0.25, 0.3) is 5.91 Å². The van der Waals surface area contributed by atoms with Gasteiger partial charge in [-0.2, -0.15) is 0 Å². The van der Waals surface area contributed by atoms with E-state index in [0.29, 0.717) is 5.56 Å². The zero-order valence-electron chi connectivity index (χ0n) is 14.9. The van der Waals surface area contributed by atoms with Crippen molar-refractivity contribution in [3.63, 3.8) is 0 Å². The van der Waals surface area contributed by atoms with Crippen molar-refractivity contribution in [3.8, 4) is 0 Å². The minimum absolute atomic E-state index is 0.0858. The van der Waals surface area contributed by atoms with E-state index in [1.54, 1.807) is 36.5 Å². The van der Waals surface area contributed by atoms with Gasteiger partial charge < -0.3 is 15.4 Å². The predicted octanol–water partition coefficient (Wildman–Crippen LogP) is 2.72. The first-order valence-electron chi connectivity index (χ1n) is 8.57. The molecule has 27 heavy (non-hydrogen) atoms. The molecule has 0 saturated heterocycles. The van der Waals surface area contributed by atoms with E-state index in [1.165, 1.54) is 11.8 Å². The topological polar surface area (TPSA) is 89.7 Å². The van der Waals surface area contributed by atoms with E-state index in [4.69, 9.17) is 10.5 Å². The molecule has 3 rings (SSSR count). The number of amides is 2. The third-order valence-corrected chi connectivity index (χ3v) is 4.44. The normalized spacial score (nSPS) is 16.3. The Morgan fingerprint density at radius 2 is 1.74 bits per heavy atom. The van der Waals surface area contributed by atoms with E-state index in [1.807, 2.05) is 30.3 Å². The molecule has 1 aliphatic heterocycles. The number of nitrogens with two attached hydrogens (primary N) is 1. The number of nitrogens with zero attached hydrogens (tertiary/aromatic N) is 1. The summed E-state index contributed by atoms with van der Waals surface area (Å²) in [6.07, 6.45) is 2.23. The zero-order valence-corrected chi connectivity index (χ0v) is 14.9. The van der Waals surface area contributed by atoms with Crippen LogP contribution in [-0.2, 0) is 19.1 Å². The van der Waals surface area contributed by atoms with Crippen molar-refractivity contribution in [2.45, 2.75) is 25.5 Å². The van der Waals surface area contributed by atoms with Gasteiger partial charge in [0.2, 0.25) is 12.0 Å². The van der Waals surface area contributed by atoms with E-state index in [-0.39, 0.29) is 12.3 Å². The van der Waals surface area contributed by atoms with Gasteiger partial charge in [-0.1, -0.05) is 54.6 Å². The molecule has 0 aromatic heterocycles. The number of carbonyl (C=O) groups excluding carboxylic acids is 3. The SMILES string of the molecule is CC(=O)N1C=Cc2ccccc2[C@@H]1CC(=O)O[C@@H](C(N)=O)c1ccccc1. The molecular formula is C21H20N2O4. The summed E-state index contributed by atoms with van der Waals surface area (Å²) in [6.45, 7) is 1.44. The second-order valence-electron chi connectivity index (χ2n) is 6.27. The molecule has 138 valence electrons. The van der Waals surface area contributed by atoms with Gasteiger partial charge in [-0.3, -0.25) is 14.4 Å². The first kappa shape index (κ1) is 18.4. The Morgan fingerprint density at radius 1 is 1.07 bits per heavy atom. The van der Waals surface area contributed by atoms with Crippen LogP contribution >= 0.6 is 0 Å². The maximum atomic E-state index is 12.6. The molecule has 0 aliphatic carbocycles. The minimum Gasteiger partial charge on any atom is -0.447 e. The Labute approximate surface area is 157 Å². The molecule has 6 nitrogen and oxygen atoms in total. The van der Waals surface area contributed by atoms with Crippen LogP contribution in [0.3, 0.4) is 0 Å². The van der Waals surface area contributed by atoms with Gasteiger partial charge in [-0.25, -0.2) is 0 Å². The monoisotopic (exact) mass is 364 g/mol. The number of fused-ring (bicyclic) bond motifs is 1. The third kappa shape index (κ3) is 4.06. The molecule has 0 radical (unpaired) electrons. The van der Waals surface area contributed by atoms with Crippen LogP contribution < -0.4 is 5.73 Å². The summed E-state index contributed by atoms with van der Waals surface area (Å²) < 4.78 is 5.37. The number of primary amides is 1. The summed E-state index contributed by atoms with van der Waals surface area (Å²) in [4.78, 5) is 37.8. The lowest BCUT2D eigenvalue weighted by Crippen LogP contribution is -2.33. The molecule has 0 fully saturated rings. The van der Waals surface area contributed by atoms with E-state index < -0.39 is 24.0 Å². The average molecular weight is 364 g/mol. The van der Waals surface area contributed by atoms with Crippen molar-refractivity contribution >= 4 is 23.9 Å². The molecule has 6 heteroatoms. The summed E-state index contributed by atoms with van der Waals surface area (Å²) in [5.41, 5.74) is 7.70. The molecule has 2 aromatic rings. The summed E-state index contributed by atoms with van der Waals surface area (Å²) in [6, 6.07) is 15.6. The van der Waals surface area contributed by atoms with Crippen LogP contribution in [0.4, 0.5) is 0 Å². The first-order chi connectivity index (χ1) is 13.0. The lowest BCUT2D eigenvalue weighted by molar-refractivity contribution is -0.156. The number of benzene rings is 2. The fraction of sp³-hybridized carbons (Fsp3) is 0.190. The molecule has 0 unspecified atom stereocenters. The highest BCUT2D eigenvalue weighted by atomic mass is 16.5. The van der Waals surface area contributed by atoms with Crippen LogP contribution in [0.5, 0.6) is 0 Å². The van der Waals surface area contributed by atoms with Gasteiger partial charge in [0, 0.05) is 18.7 Å². The molecule has 2 amide bonds. The fourth-order valence-electron chi connectivity index (χ4n) is 3.17. The van der Waals surface area contributed by atoms with E-state index in [0.717, 1.165) is 11.1 Å². The van der Waals surface area contributed by atoms with Gasteiger partial charge in [0.05, 0.1) is 12.5 Å². The molecule has 0 bridgehead atoms. The summed E-state index contributed by atoms with van der Waals surface area (Å²) >= 11 is 0. The highest BCUT2D eigenvalue weighted by Gasteiger charge is 2.31. The van der Waals surface area contributed by atoms with Gasteiger partial charge in [-0.05, 0) is 17.2 Å². The van der Waals surface area contributed by atoms with E-state index in [9.17, 15) is 14.4 Å². The molecule has 1 heterocycles. The predicted molar refractivity (Wildman–Crippen MR) is 99.8 cm³/mol. The molecule has 2 atom stereocenters. The van der Waals surface area contributed by atoms with Gasteiger partial charge >= 0.3 is 5.97 Å². The van der Waals surface area contributed by atoms with Gasteiger partial charge in [-0.15, -0.1) is 0 Å². The molecule has 2 N–H and O–H groups in total. The minimum atomic E-state index is -1.17. The maximum Gasteiger partial charge on any atom is 0.309 e. The Bertz CT molecular complexity index is 892. The van der Waals surface area contributed by atoms with Crippen molar-refractivity contribution in [2.24, 2.45) is 5.73 Å². The standard InChI is InChI=1S/C21H20N2O4/c1-14(24)23-12-11-15-7-5-6-10-17(15)18(23)13-19(25)27-20(21(22)26)16-8-3-2-4-9-16/h2-12,18,20H,13H2,1H3,(H2,22,26)/t18-,20+/m0/s1. The second kappa shape index (κ2) is 7.86. The van der Waals surface area contributed by atoms with Crippen molar-refractivity contribution in [1.82, 2.24) is 4.90 Å². The van der Waals surface area contributed by atoms with E-state index >= 15 is 0 Å². The number of esters is 1. The number of hydrogen-bond donors (Lipinski definition) is 1. The van der Waals surface area contributed by atoms with Crippen molar-refractivity contribution < 1.29 is 19.1 Å². The van der Waals surface area contributed by atoms with Gasteiger partial charge in [0.1, 0.15) is 0 Å². The lowest BCUT2D eigenvalue weighted by Gasteiger charge is -2.32. The molecule has 0 saturated carbocycles. The Hall–Kier alpha value is -3.41. The van der Waals surface area contributed by atoms with Crippen LogP contribution in [0.2, 0.25) is 0 Å². The Morgan fingerprint density at radius 3 is 2.41 bits per heavy atom. The molecule has 2 aromatic carbocycles. The van der Waals surface area contributed by atoms with E-state index in [2.05, 4.69) is 0 Å². The smallest absolute Gasteiger partial charge is 0.309 e. The quantitative estimate of drug-likeness (QED) is 0.826. The number of rotatable bonds is 5. The first-order valence-corrected chi connectivity index (χ1v) is 8.57. The van der Waals surface area contributed by atoms with Crippen molar-refractivity contribution in [3.05, 3.63) is 77.5 Å². The summed E-state index contributed by atoms with van der Waals surface area (Å²) in [7, 11) is 0. The number of hydrogen-bond acceptors (Lipinski definition) is 4. The highest BCUT2D eigenvalue weighted by Crippen LogP contribution is 2.33. The average Bonchev–Trinajstić information content (AvgIpc) is 2.66. The van der Waals surface area contributed by atoms with Crippen molar-refractivity contribution in [2.75, 3.05) is 0 Å². The van der Waals surface area contributed by atoms with Crippen LogP contribution in [-0.4, -0.2) is 22.7 Å². The molecular weight excluding hydrogens is 344 g/mol. The van der Waals surface area contributed by atoms with Crippen LogP contribution in [0.25, 0.3) is 6.08 Å². The number of carbonyl (C=O) groups is 3. The highest BCUT2D eigenvalue weighted by molar-refractivity contribution is 5.84.